The average Bonchev–Trinajstić information content (AvgIpc) is 3.16. The standard InChI is InChI=1S/C22H25NO3/c1-16-7-4-5-8-17(16)10-13-22(24)23-14-6-9-20(23)19-12-11-18(25-2)15-21(19)26-3/h4-5,7-8,10-13,15,20H,6,9,14H2,1-3H3. The molecule has 1 unspecified atom stereocenters. The van der Waals surface area contributed by atoms with Gasteiger partial charge in [-0.15, -0.1) is 0 Å². The summed E-state index contributed by atoms with van der Waals surface area (Å²) in [4.78, 5) is 14.7. The van der Waals surface area contributed by atoms with E-state index in [4.69, 9.17) is 9.47 Å². The summed E-state index contributed by atoms with van der Waals surface area (Å²) in [6.45, 7) is 2.81. The van der Waals surface area contributed by atoms with Crippen molar-refractivity contribution in [1.82, 2.24) is 4.90 Å². The van der Waals surface area contributed by atoms with Crippen LogP contribution in [-0.4, -0.2) is 31.6 Å². The van der Waals surface area contributed by atoms with Gasteiger partial charge in [0.05, 0.1) is 20.3 Å². The fourth-order valence-electron chi connectivity index (χ4n) is 3.48. The van der Waals surface area contributed by atoms with Gasteiger partial charge in [-0.05, 0) is 49.1 Å². The molecule has 26 heavy (non-hydrogen) atoms. The Labute approximate surface area is 155 Å². The summed E-state index contributed by atoms with van der Waals surface area (Å²) in [6, 6.07) is 13.9. The second-order valence-corrected chi connectivity index (χ2v) is 6.49. The molecular weight excluding hydrogens is 326 g/mol. The van der Waals surface area contributed by atoms with Gasteiger partial charge < -0.3 is 14.4 Å². The first kappa shape index (κ1) is 18.1. The summed E-state index contributed by atoms with van der Waals surface area (Å²) >= 11 is 0. The third-order valence-electron chi connectivity index (χ3n) is 4.93. The minimum atomic E-state index is 0.0323. The largest absolute Gasteiger partial charge is 0.497 e. The lowest BCUT2D eigenvalue weighted by Gasteiger charge is -2.25. The fraction of sp³-hybridized carbons (Fsp3) is 0.318. The molecule has 0 saturated carbocycles. The second-order valence-electron chi connectivity index (χ2n) is 6.49. The van der Waals surface area contributed by atoms with Gasteiger partial charge in [0.25, 0.3) is 0 Å². The molecule has 1 heterocycles. The lowest BCUT2D eigenvalue weighted by molar-refractivity contribution is -0.126. The lowest BCUT2D eigenvalue weighted by atomic mass is 10.0. The molecule has 0 aromatic heterocycles. The Morgan fingerprint density at radius 2 is 1.96 bits per heavy atom. The van der Waals surface area contributed by atoms with E-state index in [0.717, 1.165) is 47.6 Å². The van der Waals surface area contributed by atoms with Crippen LogP contribution in [0.3, 0.4) is 0 Å². The highest BCUT2D eigenvalue weighted by atomic mass is 16.5. The first-order valence-corrected chi connectivity index (χ1v) is 8.90. The van der Waals surface area contributed by atoms with E-state index >= 15 is 0 Å². The first-order valence-electron chi connectivity index (χ1n) is 8.90. The first-order chi connectivity index (χ1) is 12.6. The summed E-state index contributed by atoms with van der Waals surface area (Å²) in [5.74, 6) is 1.55. The Bertz CT molecular complexity index is 813. The van der Waals surface area contributed by atoms with Crippen LogP contribution in [0.5, 0.6) is 11.5 Å². The van der Waals surface area contributed by atoms with Crippen molar-refractivity contribution in [2.75, 3.05) is 20.8 Å². The smallest absolute Gasteiger partial charge is 0.247 e. The topological polar surface area (TPSA) is 38.8 Å². The Morgan fingerprint density at radius 1 is 1.15 bits per heavy atom. The molecule has 1 saturated heterocycles. The molecule has 4 heteroatoms. The number of benzene rings is 2. The number of ether oxygens (including phenoxy) is 2. The van der Waals surface area contributed by atoms with Crippen LogP contribution in [0, 0.1) is 6.92 Å². The van der Waals surface area contributed by atoms with Crippen molar-refractivity contribution >= 4 is 12.0 Å². The molecule has 1 atom stereocenters. The summed E-state index contributed by atoms with van der Waals surface area (Å²) in [7, 11) is 3.29. The number of carbonyl (C=O) groups is 1. The maximum atomic E-state index is 12.8. The molecule has 2 aromatic rings. The van der Waals surface area contributed by atoms with Gasteiger partial charge in [-0.3, -0.25) is 4.79 Å². The zero-order chi connectivity index (χ0) is 18.5. The maximum absolute atomic E-state index is 12.8. The SMILES string of the molecule is COc1ccc(C2CCCN2C(=O)C=Cc2ccccc2C)c(OC)c1. The van der Waals surface area contributed by atoms with Gasteiger partial charge in [0.1, 0.15) is 11.5 Å². The molecule has 2 aromatic carbocycles. The van der Waals surface area contributed by atoms with E-state index in [1.54, 1.807) is 20.3 Å². The highest BCUT2D eigenvalue weighted by Crippen LogP contribution is 2.38. The molecule has 0 aliphatic carbocycles. The van der Waals surface area contributed by atoms with Crippen LogP contribution in [0.25, 0.3) is 6.08 Å². The number of nitrogens with zero attached hydrogens (tertiary/aromatic N) is 1. The molecule has 1 amide bonds. The van der Waals surface area contributed by atoms with Crippen LogP contribution in [0.15, 0.2) is 48.5 Å². The monoisotopic (exact) mass is 351 g/mol. The van der Waals surface area contributed by atoms with Crippen molar-refractivity contribution in [2.24, 2.45) is 0 Å². The van der Waals surface area contributed by atoms with Crippen LogP contribution >= 0.6 is 0 Å². The van der Waals surface area contributed by atoms with Crippen molar-refractivity contribution < 1.29 is 14.3 Å². The summed E-state index contributed by atoms with van der Waals surface area (Å²) in [5, 5.41) is 0. The van der Waals surface area contributed by atoms with E-state index in [1.165, 1.54) is 0 Å². The van der Waals surface area contributed by atoms with Crippen LogP contribution in [0.1, 0.15) is 35.6 Å². The number of rotatable bonds is 5. The molecule has 1 fully saturated rings. The van der Waals surface area contributed by atoms with E-state index in [9.17, 15) is 4.79 Å². The van der Waals surface area contributed by atoms with Crippen molar-refractivity contribution in [1.29, 1.82) is 0 Å². The van der Waals surface area contributed by atoms with Crippen LogP contribution < -0.4 is 9.47 Å². The molecule has 0 N–H and O–H groups in total. The van der Waals surface area contributed by atoms with E-state index < -0.39 is 0 Å². The number of carbonyl (C=O) groups excluding carboxylic acids is 1. The van der Waals surface area contributed by atoms with Crippen molar-refractivity contribution in [2.45, 2.75) is 25.8 Å². The number of hydrogen-bond acceptors (Lipinski definition) is 3. The molecule has 4 nitrogen and oxygen atoms in total. The van der Waals surface area contributed by atoms with E-state index in [0.29, 0.717) is 0 Å². The van der Waals surface area contributed by atoms with Crippen molar-refractivity contribution in [3.05, 3.63) is 65.2 Å². The molecular formula is C22H25NO3. The average molecular weight is 351 g/mol. The van der Waals surface area contributed by atoms with Crippen molar-refractivity contribution in [3.8, 4) is 11.5 Å². The third-order valence-corrected chi connectivity index (χ3v) is 4.93. The lowest BCUT2D eigenvalue weighted by Crippen LogP contribution is -2.29. The van der Waals surface area contributed by atoms with E-state index in [2.05, 4.69) is 0 Å². The molecule has 1 aliphatic heterocycles. The quantitative estimate of drug-likeness (QED) is 0.750. The zero-order valence-electron chi connectivity index (χ0n) is 15.6. The number of amides is 1. The summed E-state index contributed by atoms with van der Waals surface area (Å²) in [6.07, 6.45) is 5.51. The highest BCUT2D eigenvalue weighted by molar-refractivity contribution is 5.92. The minimum Gasteiger partial charge on any atom is -0.497 e. The molecule has 0 spiro atoms. The second kappa shape index (κ2) is 8.09. The third kappa shape index (κ3) is 3.74. The Morgan fingerprint density at radius 3 is 2.69 bits per heavy atom. The zero-order valence-corrected chi connectivity index (χ0v) is 15.6. The molecule has 3 rings (SSSR count). The van der Waals surface area contributed by atoms with E-state index in [-0.39, 0.29) is 11.9 Å². The van der Waals surface area contributed by atoms with Gasteiger partial charge >= 0.3 is 0 Å². The van der Waals surface area contributed by atoms with Crippen LogP contribution in [-0.2, 0) is 4.79 Å². The highest BCUT2D eigenvalue weighted by Gasteiger charge is 2.30. The Hall–Kier alpha value is -2.75. The number of likely N-dealkylation sites (tertiary alicyclic amines) is 1. The maximum Gasteiger partial charge on any atom is 0.247 e. The van der Waals surface area contributed by atoms with Crippen LogP contribution in [0.4, 0.5) is 0 Å². The van der Waals surface area contributed by atoms with E-state index in [1.807, 2.05) is 60.4 Å². The number of methoxy groups -OCH3 is 2. The predicted molar refractivity (Wildman–Crippen MR) is 103 cm³/mol. The Kier molecular flexibility index (Phi) is 5.61. The van der Waals surface area contributed by atoms with Gasteiger partial charge in [-0.1, -0.05) is 24.3 Å². The predicted octanol–water partition coefficient (Wildman–Crippen LogP) is 4.39. The summed E-state index contributed by atoms with van der Waals surface area (Å²) in [5.41, 5.74) is 3.26. The normalized spacial score (nSPS) is 16.9. The fourth-order valence-corrected chi connectivity index (χ4v) is 3.48. The van der Waals surface area contributed by atoms with Gasteiger partial charge in [0.15, 0.2) is 0 Å². The summed E-state index contributed by atoms with van der Waals surface area (Å²) < 4.78 is 10.8. The molecule has 136 valence electrons. The molecule has 0 radical (unpaired) electrons. The van der Waals surface area contributed by atoms with Gasteiger partial charge in [-0.2, -0.15) is 0 Å². The molecule has 0 bridgehead atoms. The van der Waals surface area contributed by atoms with Crippen molar-refractivity contribution in [3.63, 3.8) is 0 Å². The van der Waals surface area contributed by atoms with Gasteiger partial charge in [0.2, 0.25) is 5.91 Å². The number of aryl methyl sites for hydroxylation is 1. The minimum absolute atomic E-state index is 0.0323. The van der Waals surface area contributed by atoms with Gasteiger partial charge in [0, 0.05) is 24.3 Å². The Balaban J connectivity index is 1.82. The van der Waals surface area contributed by atoms with Crippen LogP contribution in [0.2, 0.25) is 0 Å². The molecule has 1 aliphatic rings. The number of hydrogen-bond donors (Lipinski definition) is 0. The van der Waals surface area contributed by atoms with Gasteiger partial charge in [-0.25, -0.2) is 0 Å².